The van der Waals surface area contributed by atoms with Crippen molar-refractivity contribution >= 4 is 0 Å². The molecule has 0 radical (unpaired) electrons. The van der Waals surface area contributed by atoms with E-state index in [1.807, 2.05) is 0 Å². The number of halogens is 1. The van der Waals surface area contributed by atoms with Gasteiger partial charge >= 0.3 is 144 Å². The van der Waals surface area contributed by atoms with Crippen molar-refractivity contribution in [1.29, 1.82) is 0 Å². The fourth-order valence-electron chi connectivity index (χ4n) is 6.18. The van der Waals surface area contributed by atoms with Gasteiger partial charge in [0.05, 0.1) is 0 Å². The Morgan fingerprint density at radius 1 is 1.29 bits per heavy atom. The zero-order chi connectivity index (χ0) is 15.8. The van der Waals surface area contributed by atoms with E-state index < -0.39 is 0 Å². The van der Waals surface area contributed by atoms with Crippen LogP contribution < -0.4 is 21.2 Å². The summed E-state index contributed by atoms with van der Waals surface area (Å²) in [6.07, 6.45) is 5.82. The Morgan fingerprint density at radius 2 is 1.95 bits per heavy atom. The Kier molecular flexibility index (Phi) is 5.54. The summed E-state index contributed by atoms with van der Waals surface area (Å²) in [7, 11) is 0. The Bertz CT molecular complexity index is 374. The van der Waals surface area contributed by atoms with Crippen molar-refractivity contribution in [1.82, 2.24) is 0 Å². The topological polar surface area (TPSA) is 0 Å². The average molecular weight is 403 g/mol. The Labute approximate surface area is 143 Å². The van der Waals surface area contributed by atoms with Gasteiger partial charge in [0.1, 0.15) is 0 Å². The molecule has 0 aromatic heterocycles. The van der Waals surface area contributed by atoms with Gasteiger partial charge in [-0.05, 0) is 0 Å². The van der Waals surface area contributed by atoms with Crippen LogP contribution >= 0.6 is 0 Å². The molecule has 1 heteroatoms. The van der Waals surface area contributed by atoms with Crippen molar-refractivity contribution in [2.45, 2.75) is 67.2 Å². The molecule has 2 fully saturated rings. The first-order valence-corrected chi connectivity index (χ1v) is 11.8. The summed E-state index contributed by atoms with van der Waals surface area (Å²) in [5.41, 5.74) is 1.23. The van der Waals surface area contributed by atoms with Gasteiger partial charge in [0.15, 0.2) is 0 Å². The van der Waals surface area contributed by atoms with Gasteiger partial charge in [-0.3, -0.25) is 0 Å². The van der Waals surface area contributed by atoms with E-state index in [0.717, 1.165) is 29.6 Å². The first kappa shape index (κ1) is 17.8. The van der Waals surface area contributed by atoms with Crippen molar-refractivity contribution in [2.75, 3.05) is 4.43 Å². The number of hydrogen-bond acceptors (Lipinski definition) is 0. The van der Waals surface area contributed by atoms with Gasteiger partial charge in [-0.2, -0.15) is 0 Å². The second-order valence-corrected chi connectivity index (χ2v) is 11.0. The minimum atomic E-state index is 0.214. The third-order valence-electron chi connectivity index (χ3n) is 7.30. The summed E-state index contributed by atoms with van der Waals surface area (Å²) in [4.78, 5) is 0. The van der Waals surface area contributed by atoms with Gasteiger partial charge in [-0.25, -0.2) is 0 Å². The molecule has 0 aromatic carbocycles. The second-order valence-electron chi connectivity index (χ2n) is 8.46. The molecule has 124 valence electrons. The molecule has 2 saturated carbocycles. The second kappa shape index (κ2) is 6.53. The molecule has 0 spiro atoms. The molecule has 2 aliphatic carbocycles. The number of rotatable bonds is 7. The van der Waals surface area contributed by atoms with E-state index in [-0.39, 0.29) is 21.2 Å². The van der Waals surface area contributed by atoms with Crippen LogP contribution in [-0.4, -0.2) is 4.43 Å². The van der Waals surface area contributed by atoms with E-state index in [9.17, 15) is 0 Å². The molecule has 6 atom stereocenters. The molecular weight excluding hydrogens is 367 g/mol. The van der Waals surface area contributed by atoms with Crippen molar-refractivity contribution in [3.05, 3.63) is 10.7 Å². The quantitative estimate of drug-likeness (QED) is 0.453. The summed E-state index contributed by atoms with van der Waals surface area (Å²) >= 11 is 0.214. The molecule has 0 saturated heterocycles. The molecule has 0 aromatic rings. The number of hydrogen-bond donors (Lipinski definition) is 0. The molecule has 2 rings (SSSR count). The average Bonchev–Trinajstić information content (AvgIpc) is 2.91. The van der Waals surface area contributed by atoms with Gasteiger partial charge in [0.25, 0.3) is 0 Å². The normalized spacial score (nSPS) is 44.2. The Balaban J connectivity index is 2.22. The summed E-state index contributed by atoms with van der Waals surface area (Å²) in [5.74, 6) is 4.64. The summed E-state index contributed by atoms with van der Waals surface area (Å²) < 4.78 is 3.68. The van der Waals surface area contributed by atoms with Gasteiger partial charge in [0.2, 0.25) is 0 Å². The standard InChI is InChI=1S/C20H36I/c1-8-17-11-10-15(5)18(17)16(6)20(14(3)4)12-19(20,7)13-21-9-2/h9,14-18H,2,8,10-13H2,1,3-7H3/q-1/t15-,16+,17+,18+,19?,20?/m1/s1. The first-order chi connectivity index (χ1) is 9.84. The van der Waals surface area contributed by atoms with Crippen LogP contribution in [0.5, 0.6) is 0 Å². The molecule has 0 bridgehead atoms. The number of alkyl halides is 1. The zero-order valence-electron chi connectivity index (χ0n) is 15.1. The fraction of sp³-hybridized carbons (Fsp3) is 0.900. The van der Waals surface area contributed by atoms with Crippen molar-refractivity contribution in [3.63, 3.8) is 0 Å². The third-order valence-corrected chi connectivity index (χ3v) is 10.0. The maximum atomic E-state index is 3.99. The van der Waals surface area contributed by atoms with Crippen LogP contribution in [0.3, 0.4) is 0 Å². The van der Waals surface area contributed by atoms with Crippen LogP contribution in [0.2, 0.25) is 0 Å². The van der Waals surface area contributed by atoms with Crippen LogP contribution in [-0.2, 0) is 0 Å². The van der Waals surface area contributed by atoms with Crippen LogP contribution in [0.1, 0.15) is 67.2 Å². The Hall–Kier alpha value is 0.470. The molecule has 0 nitrogen and oxygen atoms in total. The fourth-order valence-corrected chi connectivity index (χ4v) is 8.45. The van der Waals surface area contributed by atoms with E-state index in [1.165, 1.54) is 30.1 Å². The molecular formula is C20H36I-. The first-order valence-electron chi connectivity index (χ1n) is 9.02. The van der Waals surface area contributed by atoms with E-state index in [2.05, 4.69) is 52.2 Å². The SMILES string of the molecule is C=C[I-]CC1(C)CC1(C(C)C)[C@@H](C)[C@H]1[C@@H](CC)CC[C@H]1C. The summed E-state index contributed by atoms with van der Waals surface area (Å²) in [6, 6.07) is 0. The summed E-state index contributed by atoms with van der Waals surface area (Å²) in [5, 5.41) is 0. The summed E-state index contributed by atoms with van der Waals surface area (Å²) in [6.45, 7) is 19.1. The van der Waals surface area contributed by atoms with E-state index >= 15 is 0 Å². The maximum absolute atomic E-state index is 3.99. The molecule has 2 unspecified atom stereocenters. The van der Waals surface area contributed by atoms with Crippen molar-refractivity contribution < 1.29 is 21.2 Å². The van der Waals surface area contributed by atoms with Gasteiger partial charge in [0, 0.05) is 0 Å². The molecule has 0 N–H and O–H groups in total. The molecule has 21 heavy (non-hydrogen) atoms. The van der Waals surface area contributed by atoms with Crippen LogP contribution in [0.25, 0.3) is 0 Å². The van der Waals surface area contributed by atoms with Gasteiger partial charge < -0.3 is 0 Å². The van der Waals surface area contributed by atoms with Crippen LogP contribution in [0, 0.1) is 40.4 Å². The van der Waals surface area contributed by atoms with Gasteiger partial charge in [-0.15, -0.1) is 0 Å². The van der Waals surface area contributed by atoms with Crippen molar-refractivity contribution in [2.24, 2.45) is 40.4 Å². The van der Waals surface area contributed by atoms with E-state index in [0.29, 0.717) is 10.8 Å². The predicted molar refractivity (Wildman–Crippen MR) is 89.9 cm³/mol. The van der Waals surface area contributed by atoms with E-state index in [4.69, 9.17) is 0 Å². The van der Waals surface area contributed by atoms with Crippen LogP contribution in [0.15, 0.2) is 10.7 Å². The molecule has 0 amide bonds. The third kappa shape index (κ3) is 2.85. The molecule has 2 aliphatic rings. The van der Waals surface area contributed by atoms with Crippen LogP contribution in [0.4, 0.5) is 0 Å². The predicted octanol–water partition coefficient (Wildman–Crippen LogP) is 2.98. The van der Waals surface area contributed by atoms with E-state index in [1.54, 1.807) is 0 Å². The molecule has 0 aliphatic heterocycles. The van der Waals surface area contributed by atoms with Gasteiger partial charge in [-0.1, -0.05) is 0 Å². The zero-order valence-corrected chi connectivity index (χ0v) is 17.2. The minimum absolute atomic E-state index is 0.214. The monoisotopic (exact) mass is 403 g/mol. The van der Waals surface area contributed by atoms with Crippen molar-refractivity contribution in [3.8, 4) is 0 Å². The molecule has 0 heterocycles. The Morgan fingerprint density at radius 3 is 2.48 bits per heavy atom.